The first-order valence-electron chi connectivity index (χ1n) is 7.31. The number of ketones is 1. The Morgan fingerprint density at radius 2 is 1.65 bits per heavy atom. The molecule has 3 heteroatoms. The molecule has 0 bridgehead atoms. The summed E-state index contributed by atoms with van der Waals surface area (Å²) < 4.78 is 10.4. The van der Waals surface area contributed by atoms with Crippen molar-refractivity contribution < 1.29 is 14.3 Å². The Kier molecular flexibility index (Phi) is 5.75. The molecule has 0 aliphatic heterocycles. The average Bonchev–Trinajstić information content (AvgIpc) is 2.60. The van der Waals surface area contributed by atoms with Crippen LogP contribution in [0.5, 0.6) is 11.5 Å². The Bertz CT molecular complexity index is 690. The first kappa shape index (κ1) is 16.6. The summed E-state index contributed by atoms with van der Waals surface area (Å²) in [4.78, 5) is 12.2. The van der Waals surface area contributed by atoms with Crippen molar-refractivity contribution in [3.05, 3.63) is 77.9 Å². The Morgan fingerprint density at radius 1 is 1.04 bits per heavy atom. The minimum Gasteiger partial charge on any atom is -0.497 e. The summed E-state index contributed by atoms with van der Waals surface area (Å²) in [5.74, 6) is 1.33. The lowest BCUT2D eigenvalue weighted by Gasteiger charge is -2.05. The van der Waals surface area contributed by atoms with E-state index in [1.807, 2.05) is 42.5 Å². The molecule has 3 nitrogen and oxygen atoms in total. The zero-order valence-electron chi connectivity index (χ0n) is 13.4. The van der Waals surface area contributed by atoms with Gasteiger partial charge in [0, 0.05) is 11.6 Å². The highest BCUT2D eigenvalue weighted by Crippen LogP contribution is 2.23. The predicted molar refractivity (Wildman–Crippen MR) is 93.3 cm³/mol. The minimum atomic E-state index is -0.0445. The van der Waals surface area contributed by atoms with Crippen LogP contribution in [0.1, 0.15) is 21.5 Å². The SMILES string of the molecule is C=CCc1ccc(C(=O)/C=C/c2cc(OC)cc(OC)c2)cc1. The topological polar surface area (TPSA) is 35.5 Å². The molecule has 118 valence electrons. The van der Waals surface area contributed by atoms with E-state index < -0.39 is 0 Å². The summed E-state index contributed by atoms with van der Waals surface area (Å²) in [6, 6.07) is 13.0. The zero-order chi connectivity index (χ0) is 16.7. The standard InChI is InChI=1S/C20H20O3/c1-4-5-15-6-9-17(10-7-15)20(21)11-8-16-12-18(22-2)14-19(13-16)23-3/h4,6-14H,1,5H2,2-3H3/b11-8+. The van der Waals surface area contributed by atoms with E-state index in [2.05, 4.69) is 6.58 Å². The van der Waals surface area contributed by atoms with Gasteiger partial charge in [-0.2, -0.15) is 0 Å². The van der Waals surface area contributed by atoms with Crippen LogP contribution in [-0.2, 0) is 6.42 Å². The van der Waals surface area contributed by atoms with E-state index in [0.29, 0.717) is 17.1 Å². The molecular formula is C20H20O3. The first-order valence-corrected chi connectivity index (χ1v) is 7.31. The van der Waals surface area contributed by atoms with Crippen LogP contribution in [0, 0.1) is 0 Å². The van der Waals surface area contributed by atoms with E-state index in [9.17, 15) is 4.79 Å². The average molecular weight is 308 g/mol. The van der Waals surface area contributed by atoms with E-state index in [1.54, 1.807) is 32.4 Å². The van der Waals surface area contributed by atoms with Crippen molar-refractivity contribution in [1.82, 2.24) is 0 Å². The van der Waals surface area contributed by atoms with Crippen molar-refractivity contribution >= 4 is 11.9 Å². The second-order valence-corrected chi connectivity index (χ2v) is 5.03. The third-order valence-electron chi connectivity index (χ3n) is 3.42. The summed E-state index contributed by atoms with van der Waals surface area (Å²) in [6.07, 6.45) is 5.95. The number of rotatable bonds is 7. The van der Waals surface area contributed by atoms with Crippen molar-refractivity contribution in [2.45, 2.75) is 6.42 Å². The lowest BCUT2D eigenvalue weighted by Crippen LogP contribution is -1.94. The lowest BCUT2D eigenvalue weighted by atomic mass is 10.1. The van der Waals surface area contributed by atoms with Gasteiger partial charge in [-0.1, -0.05) is 36.4 Å². The van der Waals surface area contributed by atoms with Gasteiger partial charge in [-0.25, -0.2) is 0 Å². The van der Waals surface area contributed by atoms with Crippen LogP contribution in [0.25, 0.3) is 6.08 Å². The van der Waals surface area contributed by atoms with Gasteiger partial charge in [-0.05, 0) is 35.8 Å². The molecule has 0 aromatic heterocycles. The van der Waals surface area contributed by atoms with E-state index in [0.717, 1.165) is 17.5 Å². The number of methoxy groups -OCH3 is 2. The summed E-state index contributed by atoms with van der Waals surface area (Å²) in [5.41, 5.74) is 2.64. The molecule has 0 saturated heterocycles. The highest BCUT2D eigenvalue weighted by Gasteiger charge is 2.03. The fourth-order valence-electron chi connectivity index (χ4n) is 2.17. The quantitative estimate of drug-likeness (QED) is 0.434. The van der Waals surface area contributed by atoms with E-state index in [1.165, 1.54) is 0 Å². The maximum absolute atomic E-state index is 12.2. The van der Waals surface area contributed by atoms with Crippen LogP contribution in [0.4, 0.5) is 0 Å². The van der Waals surface area contributed by atoms with Crippen LogP contribution < -0.4 is 9.47 Å². The number of hydrogen-bond donors (Lipinski definition) is 0. The van der Waals surface area contributed by atoms with Gasteiger partial charge >= 0.3 is 0 Å². The molecule has 0 heterocycles. The molecule has 0 amide bonds. The number of hydrogen-bond acceptors (Lipinski definition) is 3. The van der Waals surface area contributed by atoms with Gasteiger partial charge in [0.15, 0.2) is 5.78 Å². The fraction of sp³-hybridized carbons (Fsp3) is 0.150. The molecule has 0 unspecified atom stereocenters. The Balaban J connectivity index is 2.15. The monoisotopic (exact) mass is 308 g/mol. The predicted octanol–water partition coefficient (Wildman–Crippen LogP) is 4.33. The summed E-state index contributed by atoms with van der Waals surface area (Å²) in [6.45, 7) is 3.71. The van der Waals surface area contributed by atoms with Crippen molar-refractivity contribution in [2.75, 3.05) is 14.2 Å². The third-order valence-corrected chi connectivity index (χ3v) is 3.42. The van der Waals surface area contributed by atoms with Crippen molar-refractivity contribution in [1.29, 1.82) is 0 Å². The van der Waals surface area contributed by atoms with Gasteiger partial charge in [-0.15, -0.1) is 6.58 Å². The molecule has 0 radical (unpaired) electrons. The fourth-order valence-corrected chi connectivity index (χ4v) is 2.17. The van der Waals surface area contributed by atoms with Gasteiger partial charge in [0.2, 0.25) is 0 Å². The number of benzene rings is 2. The van der Waals surface area contributed by atoms with Crippen molar-refractivity contribution in [3.63, 3.8) is 0 Å². The number of allylic oxidation sites excluding steroid dienone is 2. The van der Waals surface area contributed by atoms with E-state index in [4.69, 9.17) is 9.47 Å². The second kappa shape index (κ2) is 7.99. The van der Waals surface area contributed by atoms with E-state index in [-0.39, 0.29) is 5.78 Å². The van der Waals surface area contributed by atoms with Gasteiger partial charge in [0.1, 0.15) is 11.5 Å². The molecule has 2 aromatic rings. The largest absolute Gasteiger partial charge is 0.497 e. The lowest BCUT2D eigenvalue weighted by molar-refractivity contribution is 0.104. The molecule has 0 N–H and O–H groups in total. The molecule has 2 rings (SSSR count). The van der Waals surface area contributed by atoms with Crippen molar-refractivity contribution in [2.24, 2.45) is 0 Å². The normalized spacial score (nSPS) is 10.5. The molecule has 0 fully saturated rings. The number of carbonyl (C=O) groups excluding carboxylic acids is 1. The van der Waals surface area contributed by atoms with Crippen LogP contribution in [0.2, 0.25) is 0 Å². The number of carbonyl (C=O) groups is 1. The van der Waals surface area contributed by atoms with Crippen LogP contribution in [-0.4, -0.2) is 20.0 Å². The summed E-state index contributed by atoms with van der Waals surface area (Å²) >= 11 is 0. The summed E-state index contributed by atoms with van der Waals surface area (Å²) in [5, 5.41) is 0. The maximum atomic E-state index is 12.2. The zero-order valence-corrected chi connectivity index (χ0v) is 13.4. The molecule has 0 atom stereocenters. The minimum absolute atomic E-state index is 0.0445. The van der Waals surface area contributed by atoms with Crippen LogP contribution in [0.3, 0.4) is 0 Å². The van der Waals surface area contributed by atoms with E-state index >= 15 is 0 Å². The molecule has 0 spiro atoms. The highest BCUT2D eigenvalue weighted by molar-refractivity contribution is 6.06. The molecule has 0 aliphatic rings. The summed E-state index contributed by atoms with van der Waals surface area (Å²) in [7, 11) is 3.19. The molecule has 23 heavy (non-hydrogen) atoms. The van der Waals surface area contributed by atoms with Gasteiger partial charge in [0.25, 0.3) is 0 Å². The van der Waals surface area contributed by atoms with Gasteiger partial charge < -0.3 is 9.47 Å². The molecule has 0 saturated carbocycles. The molecule has 0 aliphatic carbocycles. The smallest absolute Gasteiger partial charge is 0.185 e. The third kappa shape index (κ3) is 4.58. The Labute approximate surface area is 136 Å². The molecule has 2 aromatic carbocycles. The van der Waals surface area contributed by atoms with Gasteiger partial charge in [0.05, 0.1) is 14.2 Å². The highest BCUT2D eigenvalue weighted by atomic mass is 16.5. The van der Waals surface area contributed by atoms with Gasteiger partial charge in [-0.3, -0.25) is 4.79 Å². The second-order valence-electron chi connectivity index (χ2n) is 5.03. The Hall–Kier alpha value is -2.81. The van der Waals surface area contributed by atoms with Crippen LogP contribution >= 0.6 is 0 Å². The Morgan fingerprint density at radius 3 is 2.17 bits per heavy atom. The van der Waals surface area contributed by atoms with Crippen LogP contribution in [0.15, 0.2) is 61.2 Å². The number of ether oxygens (including phenoxy) is 2. The maximum Gasteiger partial charge on any atom is 0.185 e. The molecular weight excluding hydrogens is 288 g/mol. The van der Waals surface area contributed by atoms with Crippen molar-refractivity contribution in [3.8, 4) is 11.5 Å². The first-order chi connectivity index (χ1) is 11.2.